The summed E-state index contributed by atoms with van der Waals surface area (Å²) in [5.41, 5.74) is -1.23. The first kappa shape index (κ1) is 13.8. The summed E-state index contributed by atoms with van der Waals surface area (Å²) in [6.45, 7) is 3.08. The van der Waals surface area contributed by atoms with Crippen LogP contribution in [0.4, 0.5) is 0 Å². The van der Waals surface area contributed by atoms with Crippen molar-refractivity contribution in [2.45, 2.75) is 44.6 Å². The molecule has 0 aromatic heterocycles. The molecule has 18 heavy (non-hydrogen) atoms. The normalized spacial score (nSPS) is 30.9. The number of hydrogen-bond acceptors (Lipinski definition) is 3. The fraction of sp³-hybridized carbons (Fsp3) is 0.909. The average molecular weight is 276 g/mol. The highest BCUT2D eigenvalue weighted by atomic mass is 32.2. The third-order valence-corrected chi connectivity index (χ3v) is 6.19. The van der Waals surface area contributed by atoms with E-state index in [2.05, 4.69) is 0 Å². The molecule has 2 fully saturated rings. The standard InChI is InChI=1S/C11H20N2O4S/c1-2-11(10(14)15)6-5-9-13(11)18(16,17)12-7-3-4-8-12/h2-9H2,1H3,(H,14,15). The predicted molar refractivity (Wildman–Crippen MR) is 66.3 cm³/mol. The van der Waals surface area contributed by atoms with Crippen molar-refractivity contribution >= 4 is 16.2 Å². The van der Waals surface area contributed by atoms with Gasteiger partial charge in [-0.15, -0.1) is 0 Å². The molecule has 2 heterocycles. The number of hydrogen-bond donors (Lipinski definition) is 1. The molecule has 0 radical (unpaired) electrons. The number of nitrogens with zero attached hydrogens (tertiary/aromatic N) is 2. The van der Waals surface area contributed by atoms with Crippen LogP contribution < -0.4 is 0 Å². The molecule has 6 nitrogen and oxygen atoms in total. The van der Waals surface area contributed by atoms with Crippen LogP contribution in [0.5, 0.6) is 0 Å². The van der Waals surface area contributed by atoms with E-state index in [1.54, 1.807) is 6.92 Å². The second kappa shape index (κ2) is 4.79. The van der Waals surface area contributed by atoms with Crippen LogP contribution in [0.3, 0.4) is 0 Å². The second-order valence-corrected chi connectivity index (χ2v) is 6.83. The van der Waals surface area contributed by atoms with Crippen molar-refractivity contribution in [1.82, 2.24) is 8.61 Å². The van der Waals surface area contributed by atoms with Crippen molar-refractivity contribution < 1.29 is 18.3 Å². The average Bonchev–Trinajstić information content (AvgIpc) is 2.99. The van der Waals surface area contributed by atoms with Crippen molar-refractivity contribution in [3.05, 3.63) is 0 Å². The van der Waals surface area contributed by atoms with Gasteiger partial charge in [0.1, 0.15) is 5.54 Å². The van der Waals surface area contributed by atoms with Crippen molar-refractivity contribution in [2.24, 2.45) is 0 Å². The third kappa shape index (κ3) is 1.94. The molecule has 0 bridgehead atoms. The maximum Gasteiger partial charge on any atom is 0.325 e. The van der Waals surface area contributed by atoms with E-state index < -0.39 is 21.7 Å². The zero-order valence-electron chi connectivity index (χ0n) is 10.6. The van der Waals surface area contributed by atoms with Crippen LogP contribution in [0.25, 0.3) is 0 Å². The molecular formula is C11H20N2O4S. The van der Waals surface area contributed by atoms with Gasteiger partial charge in [0.2, 0.25) is 0 Å². The Morgan fingerprint density at radius 1 is 1.22 bits per heavy atom. The Balaban J connectivity index is 2.33. The summed E-state index contributed by atoms with van der Waals surface area (Å²) in [6, 6.07) is 0. The van der Waals surface area contributed by atoms with Gasteiger partial charge in [0.15, 0.2) is 0 Å². The molecule has 7 heteroatoms. The van der Waals surface area contributed by atoms with E-state index in [1.807, 2.05) is 0 Å². The van der Waals surface area contributed by atoms with Crippen molar-refractivity contribution in [2.75, 3.05) is 19.6 Å². The van der Waals surface area contributed by atoms with Crippen molar-refractivity contribution in [3.63, 3.8) is 0 Å². The first-order valence-electron chi connectivity index (χ1n) is 6.46. The van der Waals surface area contributed by atoms with E-state index in [9.17, 15) is 18.3 Å². The fourth-order valence-corrected chi connectivity index (χ4v) is 5.06. The van der Waals surface area contributed by atoms with Gasteiger partial charge in [-0.3, -0.25) is 4.79 Å². The monoisotopic (exact) mass is 276 g/mol. The van der Waals surface area contributed by atoms with Gasteiger partial charge in [-0.05, 0) is 32.1 Å². The maximum atomic E-state index is 12.5. The minimum Gasteiger partial charge on any atom is -0.480 e. The van der Waals surface area contributed by atoms with E-state index >= 15 is 0 Å². The Bertz CT molecular complexity index is 430. The lowest BCUT2D eigenvalue weighted by atomic mass is 9.95. The minimum absolute atomic E-state index is 0.315. The van der Waals surface area contributed by atoms with Crippen LogP contribution in [0.15, 0.2) is 0 Å². The molecule has 0 spiro atoms. The van der Waals surface area contributed by atoms with E-state index in [0.717, 1.165) is 12.8 Å². The van der Waals surface area contributed by atoms with E-state index in [1.165, 1.54) is 8.61 Å². The largest absolute Gasteiger partial charge is 0.480 e. The zero-order valence-corrected chi connectivity index (χ0v) is 11.4. The number of rotatable bonds is 4. The van der Waals surface area contributed by atoms with Crippen LogP contribution >= 0.6 is 0 Å². The molecule has 2 saturated heterocycles. The molecule has 0 amide bonds. The molecule has 0 aromatic carbocycles. The predicted octanol–water partition coefficient (Wildman–Crippen LogP) is 0.656. The van der Waals surface area contributed by atoms with Gasteiger partial charge < -0.3 is 5.11 Å². The quantitative estimate of drug-likeness (QED) is 0.818. The number of carboxylic acid groups (broad SMARTS) is 1. The van der Waals surface area contributed by atoms with Gasteiger partial charge in [-0.2, -0.15) is 17.0 Å². The summed E-state index contributed by atoms with van der Waals surface area (Å²) < 4.78 is 27.6. The van der Waals surface area contributed by atoms with E-state index in [-0.39, 0.29) is 0 Å². The third-order valence-electron chi connectivity index (χ3n) is 4.08. The van der Waals surface area contributed by atoms with Crippen molar-refractivity contribution in [1.29, 1.82) is 0 Å². The first-order chi connectivity index (χ1) is 8.45. The fourth-order valence-electron chi connectivity index (χ4n) is 2.97. The lowest BCUT2D eigenvalue weighted by molar-refractivity contribution is -0.147. The Kier molecular flexibility index (Phi) is 3.66. The zero-order chi connectivity index (χ0) is 13.4. The molecule has 0 aliphatic carbocycles. The summed E-state index contributed by atoms with van der Waals surface area (Å²) in [7, 11) is -3.62. The molecule has 1 unspecified atom stereocenters. The van der Waals surface area contributed by atoms with Crippen LogP contribution in [0.1, 0.15) is 39.0 Å². The summed E-state index contributed by atoms with van der Waals surface area (Å²) in [5, 5.41) is 9.42. The Morgan fingerprint density at radius 3 is 2.33 bits per heavy atom. The smallest absolute Gasteiger partial charge is 0.325 e. The highest BCUT2D eigenvalue weighted by Gasteiger charge is 2.53. The first-order valence-corrected chi connectivity index (χ1v) is 7.86. The molecule has 1 atom stereocenters. The topological polar surface area (TPSA) is 77.9 Å². The van der Waals surface area contributed by atoms with Gasteiger partial charge in [0.05, 0.1) is 0 Å². The van der Waals surface area contributed by atoms with Gasteiger partial charge in [-0.25, -0.2) is 0 Å². The van der Waals surface area contributed by atoms with Gasteiger partial charge in [0.25, 0.3) is 10.2 Å². The number of carboxylic acids is 1. The Morgan fingerprint density at radius 2 is 1.83 bits per heavy atom. The molecule has 104 valence electrons. The summed E-state index contributed by atoms with van der Waals surface area (Å²) >= 11 is 0. The van der Waals surface area contributed by atoms with Gasteiger partial charge in [0, 0.05) is 19.6 Å². The highest BCUT2D eigenvalue weighted by molar-refractivity contribution is 7.86. The molecule has 1 N–H and O–H groups in total. The molecule has 2 aliphatic rings. The lowest BCUT2D eigenvalue weighted by Gasteiger charge is -2.35. The second-order valence-electron chi connectivity index (χ2n) is 4.98. The van der Waals surface area contributed by atoms with Crippen LogP contribution in [0.2, 0.25) is 0 Å². The molecule has 0 saturated carbocycles. The summed E-state index contributed by atoms with van der Waals surface area (Å²) in [4.78, 5) is 11.5. The molecule has 0 aromatic rings. The molecular weight excluding hydrogens is 256 g/mol. The number of carbonyl (C=O) groups is 1. The van der Waals surface area contributed by atoms with E-state index in [0.29, 0.717) is 38.9 Å². The molecule has 2 aliphatic heterocycles. The Hall–Kier alpha value is -0.660. The maximum absolute atomic E-state index is 12.5. The van der Waals surface area contributed by atoms with Crippen LogP contribution in [-0.4, -0.2) is 53.3 Å². The Labute approximate surface area is 108 Å². The molecule has 2 rings (SSSR count). The van der Waals surface area contributed by atoms with Gasteiger partial charge in [-0.1, -0.05) is 6.92 Å². The summed E-state index contributed by atoms with van der Waals surface area (Å²) in [5.74, 6) is -1.02. The summed E-state index contributed by atoms with van der Waals surface area (Å²) in [6.07, 6.45) is 3.06. The lowest BCUT2D eigenvalue weighted by Crippen LogP contribution is -2.56. The van der Waals surface area contributed by atoms with E-state index in [4.69, 9.17) is 0 Å². The van der Waals surface area contributed by atoms with Crippen LogP contribution in [-0.2, 0) is 15.0 Å². The SMILES string of the molecule is CCC1(C(=O)O)CCCN1S(=O)(=O)N1CCCC1. The van der Waals surface area contributed by atoms with Crippen molar-refractivity contribution in [3.8, 4) is 0 Å². The van der Waals surface area contributed by atoms with Crippen LogP contribution in [0, 0.1) is 0 Å². The minimum atomic E-state index is -3.62. The highest BCUT2D eigenvalue weighted by Crippen LogP contribution is 2.36. The number of aliphatic carboxylic acids is 1. The van der Waals surface area contributed by atoms with Gasteiger partial charge >= 0.3 is 5.97 Å².